The number of hydrogen-bond donors (Lipinski definition) is 0. The molecule has 0 amide bonds. The minimum atomic E-state index is 0. The number of benzene rings is 8. The summed E-state index contributed by atoms with van der Waals surface area (Å²) in [5, 5.41) is 10.7. The molecule has 0 bridgehead atoms. The second-order valence-electron chi connectivity index (χ2n) is 13.3. The first-order valence-corrected chi connectivity index (χ1v) is 23.3. The molecule has 0 nitrogen and oxygen atoms in total. The molecule has 0 heterocycles. The van der Waals surface area contributed by atoms with E-state index in [0.717, 1.165) is 12.8 Å². The normalized spacial score (nSPS) is 9.88. The third-order valence-corrected chi connectivity index (χ3v) is 9.81. The Morgan fingerprint density at radius 3 is 1.05 bits per heavy atom. The van der Waals surface area contributed by atoms with Crippen molar-refractivity contribution in [3.63, 3.8) is 0 Å². The van der Waals surface area contributed by atoms with Crippen molar-refractivity contribution in [2.45, 2.75) is 26.7 Å². The van der Waals surface area contributed by atoms with E-state index in [9.17, 15) is 0 Å². The van der Waals surface area contributed by atoms with E-state index in [1.165, 1.54) is 99.8 Å². The minimum absolute atomic E-state index is 0. The van der Waals surface area contributed by atoms with Crippen molar-refractivity contribution in [2.24, 2.45) is 0 Å². The van der Waals surface area contributed by atoms with E-state index in [1.54, 1.807) is 0 Å². The quantitative estimate of drug-likeness (QED) is 0.122. The molecule has 10 aromatic rings. The fraction of sp³-hybridized carbons (Fsp3) is 0.0741. The Hall–Kier alpha value is -4.82. The van der Waals surface area contributed by atoms with Crippen LogP contribution in [0.4, 0.5) is 0 Å². The van der Waals surface area contributed by atoms with E-state index >= 15 is 0 Å². The van der Waals surface area contributed by atoms with Gasteiger partial charge >= 0.3 is 30.2 Å². The average Bonchev–Trinajstić information content (AvgIpc) is 3.93. The van der Waals surface area contributed by atoms with E-state index in [4.69, 9.17) is 0 Å². The maximum atomic E-state index is 3.06. The van der Waals surface area contributed by atoms with Crippen molar-refractivity contribution >= 4 is 74.8 Å². The van der Waals surface area contributed by atoms with Crippen LogP contribution in [-0.4, -0.2) is 6.88 Å². The first-order valence-electron chi connectivity index (χ1n) is 19.1. The molecule has 0 fully saturated rings. The van der Waals surface area contributed by atoms with E-state index in [2.05, 4.69) is 178 Å². The standard InChI is InChI=1S/2C21H17.2C6H5.2ClH.Si.Zr/c2*1-2-15-13-17-9-6-12-20(21(17)14-15)19-11-5-8-16-7-3-4-10-18(16)19;2*1-2-4-6-5-3-1;;;;/h2*3-14H,2H2,1H3;2*1-5H;2*1H;;/q4*-1;;;;. The number of fused-ring (bicyclic) bond motifs is 4. The molecule has 10 rings (SSSR count). The molecule has 4 heteroatoms. The van der Waals surface area contributed by atoms with E-state index < -0.39 is 0 Å². The van der Waals surface area contributed by atoms with Gasteiger partial charge in [0.2, 0.25) is 0 Å². The van der Waals surface area contributed by atoms with E-state index in [0.29, 0.717) is 0 Å². The molecule has 10 aromatic carbocycles. The Balaban J connectivity index is 0.000000189. The molecule has 0 N–H and O–H groups in total. The van der Waals surface area contributed by atoms with Crippen LogP contribution < -0.4 is 0 Å². The molecular formula is C54H46Cl2SiZr-4. The maximum Gasteiger partial charge on any atom is -0.171 e. The maximum absolute atomic E-state index is 3.06. The van der Waals surface area contributed by atoms with Gasteiger partial charge in [0.05, 0.1) is 0 Å². The smallest absolute Gasteiger partial charge is 0.171 e. The topological polar surface area (TPSA) is 0 Å². The van der Waals surface area contributed by atoms with Crippen LogP contribution in [0.25, 0.3) is 65.3 Å². The number of aryl methyl sites for hydroxylation is 2. The monoisotopic (exact) mass is 882 g/mol. The van der Waals surface area contributed by atoms with Gasteiger partial charge in [-0.3, -0.25) is 0 Å². The van der Waals surface area contributed by atoms with Gasteiger partial charge in [-0.15, -0.1) is 93.9 Å². The molecule has 0 aromatic heterocycles. The molecule has 0 unspecified atom stereocenters. The van der Waals surface area contributed by atoms with Crippen LogP contribution in [0.2, 0.25) is 0 Å². The predicted octanol–water partition coefficient (Wildman–Crippen LogP) is 15.3. The van der Waals surface area contributed by atoms with Gasteiger partial charge in [-0.2, -0.15) is 84.9 Å². The molecule has 0 aliphatic rings. The Morgan fingerprint density at radius 2 is 0.724 bits per heavy atom. The molecule has 0 atom stereocenters. The first-order chi connectivity index (χ1) is 27.7. The summed E-state index contributed by atoms with van der Waals surface area (Å²) < 4.78 is 0. The number of halogens is 2. The molecule has 288 valence electrons. The van der Waals surface area contributed by atoms with Crippen LogP contribution in [0.5, 0.6) is 0 Å². The summed E-state index contributed by atoms with van der Waals surface area (Å²) in [6.45, 7) is 7.49. The Labute approximate surface area is 373 Å². The summed E-state index contributed by atoms with van der Waals surface area (Å²) in [6, 6.07) is 77.9. The second-order valence-corrected chi connectivity index (χ2v) is 13.3. The zero-order chi connectivity index (χ0) is 39.0. The van der Waals surface area contributed by atoms with Crippen LogP contribution in [-0.2, 0) is 36.2 Å². The van der Waals surface area contributed by atoms with Crippen LogP contribution in [0.15, 0.2) is 206 Å². The number of hydrogen-bond acceptors (Lipinski definition) is 0. The van der Waals surface area contributed by atoms with Crippen molar-refractivity contribution in [1.29, 1.82) is 0 Å². The molecule has 0 aliphatic carbocycles. The SMILES string of the molecule is CCc1cc2c(-c3cccc4ccccc34)cccc2[cH-]1.CCc1cc2c(-c3cccc4ccccc34)cccc2[cH-]1.Cl.Cl.[Si]=[Zr].[c-]1ccccc1.[c-]1ccccc1. The fourth-order valence-electron chi connectivity index (χ4n) is 7.08. The van der Waals surface area contributed by atoms with Gasteiger partial charge < -0.3 is 0 Å². The van der Waals surface area contributed by atoms with Crippen LogP contribution in [0.1, 0.15) is 25.0 Å². The fourth-order valence-corrected chi connectivity index (χ4v) is 7.08. The van der Waals surface area contributed by atoms with E-state index in [1.807, 2.05) is 60.7 Å². The molecule has 2 radical (unpaired) electrons. The van der Waals surface area contributed by atoms with Crippen LogP contribution >= 0.6 is 24.8 Å². The van der Waals surface area contributed by atoms with Gasteiger partial charge in [-0.1, -0.05) is 122 Å². The summed E-state index contributed by atoms with van der Waals surface area (Å²) in [5.74, 6) is 0. The Kier molecular flexibility index (Phi) is 19.1. The van der Waals surface area contributed by atoms with Gasteiger partial charge in [-0.25, -0.2) is 0 Å². The zero-order valence-electron chi connectivity index (χ0n) is 32.9. The molecule has 0 saturated carbocycles. The number of rotatable bonds is 4. The molecular weight excluding hydrogens is 839 g/mol. The zero-order valence-corrected chi connectivity index (χ0v) is 38.0. The van der Waals surface area contributed by atoms with Gasteiger partial charge in [0.25, 0.3) is 0 Å². The first kappa shape index (κ1) is 45.9. The predicted molar refractivity (Wildman–Crippen MR) is 255 cm³/mol. The summed E-state index contributed by atoms with van der Waals surface area (Å²) >= 11 is 1.36. The molecule has 0 spiro atoms. The average molecular weight is 885 g/mol. The second kappa shape index (κ2) is 24.2. The summed E-state index contributed by atoms with van der Waals surface area (Å²) in [7, 11) is 0. The van der Waals surface area contributed by atoms with Crippen molar-refractivity contribution in [3.05, 3.63) is 230 Å². The van der Waals surface area contributed by atoms with Gasteiger partial charge in [0.15, 0.2) is 0 Å². The third kappa shape index (κ3) is 11.6. The Morgan fingerprint density at radius 1 is 0.397 bits per heavy atom. The summed E-state index contributed by atoms with van der Waals surface area (Å²) in [4.78, 5) is 0. The van der Waals surface area contributed by atoms with Crippen LogP contribution in [0, 0.1) is 12.1 Å². The summed E-state index contributed by atoms with van der Waals surface area (Å²) in [5.41, 5.74) is 8.15. The minimum Gasteiger partial charge on any atom is -0.184 e. The largest absolute Gasteiger partial charge is 0.184 e. The summed E-state index contributed by atoms with van der Waals surface area (Å²) in [6.07, 6.45) is 2.17. The van der Waals surface area contributed by atoms with E-state index in [-0.39, 0.29) is 24.8 Å². The Bertz CT molecular complexity index is 2460. The van der Waals surface area contributed by atoms with Crippen molar-refractivity contribution in [2.75, 3.05) is 0 Å². The van der Waals surface area contributed by atoms with Gasteiger partial charge in [0, 0.05) is 0 Å². The van der Waals surface area contributed by atoms with Crippen molar-refractivity contribution in [3.8, 4) is 22.3 Å². The van der Waals surface area contributed by atoms with Crippen molar-refractivity contribution < 1.29 is 23.3 Å². The van der Waals surface area contributed by atoms with Crippen LogP contribution in [0.3, 0.4) is 0 Å². The third-order valence-electron chi connectivity index (χ3n) is 9.81. The molecule has 0 aliphatic heterocycles. The molecule has 58 heavy (non-hydrogen) atoms. The van der Waals surface area contributed by atoms with Gasteiger partial charge in [0.1, 0.15) is 0 Å². The molecule has 0 saturated heterocycles. The van der Waals surface area contributed by atoms with Crippen molar-refractivity contribution in [1.82, 2.24) is 0 Å². The van der Waals surface area contributed by atoms with Gasteiger partial charge in [-0.05, 0) is 45.5 Å².